The molecule has 0 spiro atoms. The molecule has 15 heteroatoms. The summed E-state index contributed by atoms with van der Waals surface area (Å²) in [5.41, 5.74) is 16.4. The minimum absolute atomic E-state index is 0.0331. The van der Waals surface area contributed by atoms with Gasteiger partial charge in [-0.2, -0.15) is 0 Å². The van der Waals surface area contributed by atoms with Crippen LogP contribution in [0, 0.1) is 0 Å². The summed E-state index contributed by atoms with van der Waals surface area (Å²) in [5, 5.41) is 26.0. The average Bonchev–Trinajstić information content (AvgIpc) is 3.25. The summed E-state index contributed by atoms with van der Waals surface area (Å²) >= 11 is 0. The number of nitrogens with one attached hydrogen (secondary N) is 4. The van der Waals surface area contributed by atoms with Crippen molar-refractivity contribution in [1.29, 1.82) is 0 Å². The quantitative estimate of drug-likeness (QED) is 0.0721. The molecule has 0 aliphatic rings. The molecule has 1 aromatic rings. The van der Waals surface area contributed by atoms with Gasteiger partial charge in [-0.05, 0) is 19.8 Å². The molecule has 4 atom stereocenters. The molecule has 1 heterocycles. The van der Waals surface area contributed by atoms with E-state index in [4.69, 9.17) is 17.2 Å². The molecule has 0 bridgehead atoms. The monoisotopic (exact) mass is 469 g/mol. The van der Waals surface area contributed by atoms with Crippen molar-refractivity contribution in [3.05, 3.63) is 18.2 Å². The molecule has 0 aliphatic carbocycles. The number of aliphatic hydroxyl groups excluding tert-OH is 1. The highest BCUT2D eigenvalue weighted by molar-refractivity contribution is 5.93. The SMILES string of the molecule is CC(O)C(NC(=O)C(CCCN=C(N)N)NC(=O)C(Cc1cnc[nH]1)NC(=O)CN)C(=O)O. The van der Waals surface area contributed by atoms with Gasteiger partial charge in [0.15, 0.2) is 12.0 Å². The van der Waals surface area contributed by atoms with E-state index in [9.17, 15) is 29.4 Å². The second-order valence-electron chi connectivity index (χ2n) is 7.18. The molecule has 12 N–H and O–H groups in total. The third-order valence-corrected chi connectivity index (χ3v) is 4.44. The number of aliphatic hydroxyl groups is 1. The zero-order valence-corrected chi connectivity index (χ0v) is 18.2. The molecule has 1 aromatic heterocycles. The smallest absolute Gasteiger partial charge is 0.328 e. The molecule has 0 radical (unpaired) electrons. The molecule has 0 saturated heterocycles. The van der Waals surface area contributed by atoms with Gasteiger partial charge >= 0.3 is 5.97 Å². The molecule has 1 rings (SSSR count). The molecule has 4 unspecified atom stereocenters. The van der Waals surface area contributed by atoms with Crippen LogP contribution in [0.2, 0.25) is 0 Å². The van der Waals surface area contributed by atoms with Crippen molar-refractivity contribution >= 4 is 29.7 Å². The van der Waals surface area contributed by atoms with Crippen molar-refractivity contribution < 1.29 is 29.4 Å². The Bertz CT molecular complexity index is 823. The summed E-state index contributed by atoms with van der Waals surface area (Å²) in [4.78, 5) is 59.2. The maximum absolute atomic E-state index is 12.9. The number of nitrogens with zero attached hydrogens (tertiary/aromatic N) is 2. The van der Waals surface area contributed by atoms with Crippen LogP contribution in [-0.2, 0) is 25.6 Å². The first-order chi connectivity index (χ1) is 15.5. The fraction of sp³-hybridized carbons (Fsp3) is 0.556. The van der Waals surface area contributed by atoms with Crippen molar-refractivity contribution in [2.45, 2.75) is 50.4 Å². The van der Waals surface area contributed by atoms with Gasteiger partial charge in [-0.1, -0.05) is 0 Å². The van der Waals surface area contributed by atoms with E-state index in [1.165, 1.54) is 19.4 Å². The fourth-order valence-electron chi connectivity index (χ4n) is 2.77. The number of carboxylic acid groups (broad SMARTS) is 1. The number of aliphatic carboxylic acids is 1. The lowest BCUT2D eigenvalue weighted by Gasteiger charge is -2.25. The maximum Gasteiger partial charge on any atom is 0.328 e. The highest BCUT2D eigenvalue weighted by Gasteiger charge is 2.31. The zero-order chi connectivity index (χ0) is 25.0. The van der Waals surface area contributed by atoms with Crippen molar-refractivity contribution in [2.75, 3.05) is 13.1 Å². The Morgan fingerprint density at radius 2 is 1.82 bits per heavy atom. The number of carbonyl (C=O) groups excluding carboxylic acids is 3. The van der Waals surface area contributed by atoms with Crippen LogP contribution in [0.5, 0.6) is 0 Å². The Balaban J connectivity index is 3.01. The number of nitrogens with two attached hydrogens (primary N) is 3. The number of guanidine groups is 1. The number of rotatable bonds is 14. The molecule has 0 saturated carbocycles. The van der Waals surface area contributed by atoms with Crippen LogP contribution in [0.3, 0.4) is 0 Å². The third kappa shape index (κ3) is 9.96. The molecular formula is C18H31N9O6. The van der Waals surface area contributed by atoms with Gasteiger partial charge in [-0.25, -0.2) is 9.78 Å². The molecule has 33 heavy (non-hydrogen) atoms. The van der Waals surface area contributed by atoms with E-state index >= 15 is 0 Å². The first kappa shape index (κ1) is 27.3. The first-order valence-corrected chi connectivity index (χ1v) is 10.1. The van der Waals surface area contributed by atoms with Gasteiger partial charge in [0.1, 0.15) is 12.1 Å². The number of carboxylic acids is 1. The molecule has 0 aromatic carbocycles. The van der Waals surface area contributed by atoms with Crippen LogP contribution < -0.4 is 33.2 Å². The predicted octanol–water partition coefficient (Wildman–Crippen LogP) is -4.12. The van der Waals surface area contributed by atoms with Crippen LogP contribution in [0.15, 0.2) is 17.5 Å². The number of aromatic nitrogens is 2. The number of aromatic amines is 1. The summed E-state index contributed by atoms with van der Waals surface area (Å²) in [6, 6.07) is -3.89. The minimum Gasteiger partial charge on any atom is -0.480 e. The number of amides is 3. The third-order valence-electron chi connectivity index (χ3n) is 4.44. The van der Waals surface area contributed by atoms with E-state index in [1.54, 1.807) is 0 Å². The lowest BCUT2D eigenvalue weighted by Crippen LogP contribution is -2.58. The van der Waals surface area contributed by atoms with Gasteiger partial charge in [0.25, 0.3) is 0 Å². The highest BCUT2D eigenvalue weighted by atomic mass is 16.4. The lowest BCUT2D eigenvalue weighted by atomic mass is 10.1. The fourth-order valence-corrected chi connectivity index (χ4v) is 2.77. The van der Waals surface area contributed by atoms with Crippen LogP contribution in [0.1, 0.15) is 25.5 Å². The molecule has 15 nitrogen and oxygen atoms in total. The van der Waals surface area contributed by atoms with Crippen LogP contribution in [0.4, 0.5) is 0 Å². The summed E-state index contributed by atoms with van der Waals surface area (Å²) in [6.07, 6.45) is 1.82. The van der Waals surface area contributed by atoms with Gasteiger partial charge in [-0.15, -0.1) is 0 Å². The van der Waals surface area contributed by atoms with Crippen molar-refractivity contribution in [3.63, 3.8) is 0 Å². The Hall–Kier alpha value is -3.72. The van der Waals surface area contributed by atoms with E-state index in [1.807, 2.05) is 0 Å². The number of carbonyl (C=O) groups is 4. The van der Waals surface area contributed by atoms with Gasteiger partial charge in [0.2, 0.25) is 17.7 Å². The number of H-pyrrole nitrogens is 1. The Morgan fingerprint density at radius 3 is 2.33 bits per heavy atom. The second-order valence-corrected chi connectivity index (χ2v) is 7.18. The number of aliphatic imine (C=N–C) groups is 1. The predicted molar refractivity (Wildman–Crippen MR) is 116 cm³/mol. The van der Waals surface area contributed by atoms with E-state index in [0.717, 1.165) is 0 Å². The van der Waals surface area contributed by atoms with Gasteiger partial charge in [-0.3, -0.25) is 19.4 Å². The van der Waals surface area contributed by atoms with E-state index in [0.29, 0.717) is 5.69 Å². The van der Waals surface area contributed by atoms with Crippen LogP contribution in [0.25, 0.3) is 0 Å². The summed E-state index contributed by atoms with van der Waals surface area (Å²) < 4.78 is 0. The Morgan fingerprint density at radius 1 is 1.15 bits per heavy atom. The van der Waals surface area contributed by atoms with E-state index in [2.05, 4.69) is 30.9 Å². The summed E-state index contributed by atoms with van der Waals surface area (Å²) in [6.45, 7) is 1.00. The average molecular weight is 470 g/mol. The highest BCUT2D eigenvalue weighted by Crippen LogP contribution is 2.05. The van der Waals surface area contributed by atoms with Gasteiger partial charge in [0, 0.05) is 24.9 Å². The topological polar surface area (TPSA) is 264 Å². The minimum atomic E-state index is -1.59. The summed E-state index contributed by atoms with van der Waals surface area (Å²) in [5.74, 6) is -3.74. The normalized spacial score (nSPS) is 14.3. The second kappa shape index (κ2) is 13.6. The van der Waals surface area contributed by atoms with Gasteiger partial charge in [0.05, 0.1) is 19.0 Å². The van der Waals surface area contributed by atoms with Crippen molar-refractivity contribution in [3.8, 4) is 0 Å². The molecule has 0 fully saturated rings. The molecule has 3 amide bonds. The van der Waals surface area contributed by atoms with Crippen LogP contribution >= 0.6 is 0 Å². The zero-order valence-electron chi connectivity index (χ0n) is 18.2. The van der Waals surface area contributed by atoms with Crippen molar-refractivity contribution in [2.24, 2.45) is 22.2 Å². The lowest BCUT2D eigenvalue weighted by molar-refractivity contribution is -0.145. The molecule has 184 valence electrons. The largest absolute Gasteiger partial charge is 0.480 e. The number of hydrogen-bond donors (Lipinski definition) is 9. The number of hydrogen-bond acceptors (Lipinski definition) is 8. The number of imidazole rings is 1. The molecular weight excluding hydrogens is 438 g/mol. The van der Waals surface area contributed by atoms with Crippen molar-refractivity contribution in [1.82, 2.24) is 25.9 Å². The molecule has 0 aliphatic heterocycles. The first-order valence-electron chi connectivity index (χ1n) is 10.1. The Labute approximate surface area is 189 Å². The van der Waals surface area contributed by atoms with Gasteiger partial charge < -0.3 is 48.3 Å². The van der Waals surface area contributed by atoms with E-state index < -0.39 is 47.9 Å². The summed E-state index contributed by atoms with van der Waals surface area (Å²) in [7, 11) is 0. The standard InChI is InChI=1S/C18H31N9O6/c1-9(28)14(17(32)33)27-15(30)11(3-2-4-23-18(20)21)26-16(31)12(25-13(29)6-19)5-10-7-22-8-24-10/h7-9,11-12,14,28H,2-6,19H2,1H3,(H,22,24)(H,25,29)(H,26,31)(H,27,30)(H,32,33)(H4,20,21,23). The van der Waals surface area contributed by atoms with E-state index in [-0.39, 0.29) is 38.3 Å². The van der Waals surface area contributed by atoms with Crippen LogP contribution in [-0.4, -0.2) is 87.2 Å². The maximum atomic E-state index is 12.9. The Kier molecular flexibility index (Phi) is 11.3.